The summed E-state index contributed by atoms with van der Waals surface area (Å²) in [5, 5.41) is 2.03. The Labute approximate surface area is 103 Å². The lowest BCUT2D eigenvalue weighted by Gasteiger charge is -2.21. The van der Waals surface area contributed by atoms with Gasteiger partial charge in [0.1, 0.15) is 0 Å². The predicted octanol–water partition coefficient (Wildman–Crippen LogP) is 3.85. The molecular formula is C14H22OS. The molecule has 3 fully saturated rings. The average Bonchev–Trinajstić information content (AvgIpc) is 2.87. The summed E-state index contributed by atoms with van der Waals surface area (Å²) in [5.41, 5.74) is 1.27. The third-order valence-corrected chi connectivity index (χ3v) is 6.32. The van der Waals surface area contributed by atoms with Gasteiger partial charge in [-0.05, 0) is 62.9 Å². The normalized spacial score (nSPS) is 44.5. The zero-order valence-electron chi connectivity index (χ0n) is 10.3. The van der Waals surface area contributed by atoms with Gasteiger partial charge in [0, 0.05) is 10.5 Å². The third-order valence-electron chi connectivity index (χ3n) is 4.45. The van der Waals surface area contributed by atoms with E-state index in [1.807, 2.05) is 6.26 Å². The molecule has 1 saturated carbocycles. The lowest BCUT2D eigenvalue weighted by Crippen LogP contribution is -2.21. The molecule has 0 aromatic heterocycles. The van der Waals surface area contributed by atoms with E-state index in [1.54, 1.807) is 0 Å². The molecule has 4 atom stereocenters. The molecule has 1 aliphatic carbocycles. The van der Waals surface area contributed by atoms with Crippen LogP contribution in [0.1, 0.15) is 39.5 Å². The van der Waals surface area contributed by atoms with E-state index in [0.29, 0.717) is 0 Å². The Balaban J connectivity index is 1.52. The fourth-order valence-corrected chi connectivity index (χ4v) is 5.90. The Morgan fingerprint density at radius 2 is 1.81 bits per heavy atom. The molecule has 90 valence electrons. The maximum Gasteiger partial charge on any atom is 0.0901 e. The molecule has 4 unspecified atom stereocenters. The van der Waals surface area contributed by atoms with Crippen molar-refractivity contribution in [2.24, 2.45) is 17.8 Å². The number of hydrogen-bond donors (Lipinski definition) is 0. The van der Waals surface area contributed by atoms with Gasteiger partial charge in [0.2, 0.25) is 0 Å². The summed E-state index contributed by atoms with van der Waals surface area (Å²) >= 11 is 2.30. The molecule has 3 aliphatic rings. The predicted molar refractivity (Wildman–Crippen MR) is 69.5 cm³/mol. The van der Waals surface area contributed by atoms with Crippen LogP contribution in [0.3, 0.4) is 0 Å². The first-order chi connectivity index (χ1) is 7.74. The number of hydrogen-bond acceptors (Lipinski definition) is 2. The van der Waals surface area contributed by atoms with E-state index in [4.69, 9.17) is 4.74 Å². The Bertz CT molecular complexity index is 277. The van der Waals surface area contributed by atoms with Gasteiger partial charge in [-0.1, -0.05) is 0 Å². The summed E-state index contributed by atoms with van der Waals surface area (Å²) in [5.74, 6) is 2.93. The number of ether oxygens (including phenoxy) is 1. The highest BCUT2D eigenvalue weighted by Crippen LogP contribution is 2.60. The van der Waals surface area contributed by atoms with Crippen LogP contribution in [-0.4, -0.2) is 17.1 Å². The van der Waals surface area contributed by atoms with E-state index in [2.05, 4.69) is 25.6 Å². The molecule has 2 aliphatic heterocycles. The zero-order valence-corrected chi connectivity index (χ0v) is 11.1. The minimum absolute atomic E-state index is 0.842. The molecule has 2 saturated heterocycles. The van der Waals surface area contributed by atoms with Gasteiger partial charge in [0.05, 0.1) is 12.9 Å². The molecule has 0 aromatic carbocycles. The molecule has 1 nitrogen and oxygen atoms in total. The highest BCUT2D eigenvalue weighted by atomic mass is 32.2. The first kappa shape index (κ1) is 11.0. The van der Waals surface area contributed by atoms with Crippen molar-refractivity contribution in [3.8, 4) is 0 Å². The van der Waals surface area contributed by atoms with Gasteiger partial charge in [-0.25, -0.2) is 0 Å². The van der Waals surface area contributed by atoms with Gasteiger partial charge in [-0.2, -0.15) is 11.8 Å². The lowest BCUT2D eigenvalue weighted by atomic mass is 9.82. The van der Waals surface area contributed by atoms with Crippen molar-refractivity contribution < 1.29 is 4.74 Å². The second kappa shape index (κ2) is 4.29. The Morgan fingerprint density at radius 1 is 1.19 bits per heavy atom. The molecule has 2 heteroatoms. The zero-order chi connectivity index (χ0) is 11.1. The molecule has 0 aromatic rings. The minimum atomic E-state index is 0.842. The second-order valence-electron chi connectivity index (χ2n) is 5.98. The topological polar surface area (TPSA) is 9.23 Å². The van der Waals surface area contributed by atoms with Crippen LogP contribution in [0.5, 0.6) is 0 Å². The smallest absolute Gasteiger partial charge is 0.0901 e. The molecule has 3 rings (SSSR count). The van der Waals surface area contributed by atoms with E-state index in [0.717, 1.165) is 34.9 Å². The van der Waals surface area contributed by atoms with Crippen molar-refractivity contribution in [1.82, 2.24) is 0 Å². The van der Waals surface area contributed by atoms with E-state index in [-0.39, 0.29) is 0 Å². The van der Waals surface area contributed by atoms with Crippen LogP contribution in [0.4, 0.5) is 0 Å². The summed E-state index contributed by atoms with van der Waals surface area (Å²) in [6, 6.07) is 0. The molecule has 16 heavy (non-hydrogen) atoms. The number of thioether (sulfide) groups is 1. The largest absolute Gasteiger partial charge is 0.501 e. The van der Waals surface area contributed by atoms with Gasteiger partial charge >= 0.3 is 0 Å². The van der Waals surface area contributed by atoms with Crippen molar-refractivity contribution in [2.75, 3.05) is 6.61 Å². The lowest BCUT2D eigenvalue weighted by molar-refractivity contribution is 0.191. The Morgan fingerprint density at radius 3 is 2.38 bits per heavy atom. The van der Waals surface area contributed by atoms with Crippen molar-refractivity contribution in [2.45, 2.75) is 50.0 Å². The maximum atomic E-state index is 5.67. The third kappa shape index (κ3) is 1.90. The van der Waals surface area contributed by atoms with Crippen LogP contribution in [0, 0.1) is 17.8 Å². The van der Waals surface area contributed by atoms with Crippen molar-refractivity contribution in [1.29, 1.82) is 0 Å². The minimum Gasteiger partial charge on any atom is -0.501 e. The summed E-state index contributed by atoms with van der Waals surface area (Å²) < 4.78 is 5.67. The molecule has 0 amide bonds. The van der Waals surface area contributed by atoms with Gasteiger partial charge < -0.3 is 4.74 Å². The van der Waals surface area contributed by atoms with Crippen LogP contribution in [0.2, 0.25) is 0 Å². The van der Waals surface area contributed by atoms with Crippen LogP contribution >= 0.6 is 11.8 Å². The monoisotopic (exact) mass is 238 g/mol. The SMILES string of the molecule is CC(C)=COCC1CC2C3CCC(S3)C2C1. The van der Waals surface area contributed by atoms with Crippen molar-refractivity contribution >= 4 is 11.8 Å². The highest BCUT2D eigenvalue weighted by molar-refractivity contribution is 8.01. The van der Waals surface area contributed by atoms with Gasteiger partial charge in [-0.15, -0.1) is 0 Å². The maximum absolute atomic E-state index is 5.67. The van der Waals surface area contributed by atoms with Crippen LogP contribution < -0.4 is 0 Å². The number of fused-ring (bicyclic) bond motifs is 5. The summed E-state index contributed by atoms with van der Waals surface area (Å²) in [7, 11) is 0. The number of allylic oxidation sites excluding steroid dienone is 1. The van der Waals surface area contributed by atoms with Gasteiger partial charge in [-0.3, -0.25) is 0 Å². The van der Waals surface area contributed by atoms with E-state index < -0.39 is 0 Å². The molecule has 2 bridgehead atoms. The molecular weight excluding hydrogens is 216 g/mol. The second-order valence-corrected chi connectivity index (χ2v) is 7.47. The Hall–Kier alpha value is -0.110. The summed E-state index contributed by atoms with van der Waals surface area (Å²) in [6.45, 7) is 5.16. The first-order valence-corrected chi connectivity index (χ1v) is 7.59. The summed E-state index contributed by atoms with van der Waals surface area (Å²) in [4.78, 5) is 0. The van der Waals surface area contributed by atoms with Crippen LogP contribution in [-0.2, 0) is 4.74 Å². The highest BCUT2D eigenvalue weighted by Gasteiger charge is 2.52. The van der Waals surface area contributed by atoms with E-state index in [1.165, 1.54) is 31.3 Å². The number of rotatable bonds is 3. The van der Waals surface area contributed by atoms with E-state index >= 15 is 0 Å². The average molecular weight is 238 g/mol. The van der Waals surface area contributed by atoms with Crippen LogP contribution in [0.25, 0.3) is 0 Å². The molecule has 2 heterocycles. The fourth-order valence-electron chi connectivity index (χ4n) is 3.88. The van der Waals surface area contributed by atoms with Gasteiger partial charge in [0.15, 0.2) is 0 Å². The quantitative estimate of drug-likeness (QED) is 0.691. The van der Waals surface area contributed by atoms with Crippen LogP contribution in [0.15, 0.2) is 11.8 Å². The first-order valence-electron chi connectivity index (χ1n) is 6.64. The van der Waals surface area contributed by atoms with Gasteiger partial charge in [0.25, 0.3) is 0 Å². The van der Waals surface area contributed by atoms with E-state index in [9.17, 15) is 0 Å². The molecule has 0 radical (unpaired) electrons. The molecule has 0 spiro atoms. The molecule has 0 N–H and O–H groups in total. The standard InChI is InChI=1S/C14H22OS/c1-9(2)7-15-8-10-5-11-12(6-10)14-4-3-13(11)16-14/h7,10-14H,3-6,8H2,1-2H3. The Kier molecular flexibility index (Phi) is 2.95. The fraction of sp³-hybridized carbons (Fsp3) is 0.857. The van der Waals surface area contributed by atoms with Crippen molar-refractivity contribution in [3.05, 3.63) is 11.8 Å². The summed E-state index contributed by atoms with van der Waals surface area (Å²) in [6.07, 6.45) is 7.80. The van der Waals surface area contributed by atoms with Crippen molar-refractivity contribution in [3.63, 3.8) is 0 Å².